The summed E-state index contributed by atoms with van der Waals surface area (Å²) in [5.41, 5.74) is 6.39. The summed E-state index contributed by atoms with van der Waals surface area (Å²) in [6.45, 7) is 12.2. The van der Waals surface area contributed by atoms with Crippen LogP contribution in [0.4, 0.5) is 5.69 Å². The molecule has 0 aliphatic carbocycles. The molecule has 1 atom stereocenters. The fraction of sp³-hybridized carbons (Fsp3) is 0.200. The molecule has 1 unspecified atom stereocenters. The summed E-state index contributed by atoms with van der Waals surface area (Å²) in [6.07, 6.45) is 3.45. The molecule has 0 fully saturated rings. The van der Waals surface area contributed by atoms with Crippen LogP contribution in [0.3, 0.4) is 0 Å². The summed E-state index contributed by atoms with van der Waals surface area (Å²) in [7, 11) is 0. The highest BCUT2D eigenvalue weighted by Gasteiger charge is 2.53. The minimum Gasteiger partial charge on any atom is -0.488 e. The van der Waals surface area contributed by atoms with Crippen LogP contribution in [0.1, 0.15) is 57.8 Å². The van der Waals surface area contributed by atoms with E-state index in [1.165, 1.54) is 0 Å². The Morgan fingerprint density at radius 3 is 2.54 bits per heavy atom. The number of pyridine rings is 1. The van der Waals surface area contributed by atoms with Crippen molar-refractivity contribution in [3.8, 4) is 5.75 Å². The van der Waals surface area contributed by atoms with Crippen LogP contribution >= 0.6 is 0 Å². The monoisotopic (exact) mass is 543 g/mol. The summed E-state index contributed by atoms with van der Waals surface area (Å²) in [5.74, 6) is 0.195. The van der Waals surface area contributed by atoms with E-state index >= 15 is 0 Å². The first kappa shape index (κ1) is 26.4. The number of carbonyl (C=O) groups excluding carboxylic acids is 1. The van der Waals surface area contributed by atoms with E-state index in [-0.39, 0.29) is 0 Å². The first-order valence-electron chi connectivity index (χ1n) is 14.0. The summed E-state index contributed by atoms with van der Waals surface area (Å²) < 4.78 is 13.1. The molecule has 0 spiro atoms. The minimum absolute atomic E-state index is 0.316. The van der Waals surface area contributed by atoms with Crippen LogP contribution in [-0.2, 0) is 16.9 Å². The molecule has 5 aromatic rings. The number of hydrogen-bond donors (Lipinski definition) is 1. The molecule has 1 aliphatic rings. The zero-order valence-electron chi connectivity index (χ0n) is 23.6. The number of anilines is 1. The maximum Gasteiger partial charge on any atom is 0.358 e. The fourth-order valence-electron chi connectivity index (χ4n) is 5.96. The van der Waals surface area contributed by atoms with E-state index in [9.17, 15) is 4.79 Å². The molecule has 6 heteroatoms. The smallest absolute Gasteiger partial charge is 0.358 e. The lowest BCUT2D eigenvalue weighted by molar-refractivity contribution is 0.0243. The molecule has 3 aromatic carbocycles. The SMILES string of the molecule is C=Cc1ccc(COc2cc(N(CC)CC)ccc2C2(c3c(C)[nH]c4ccccc34)OC(=O)c3ncccc32)cc1. The average molecular weight is 544 g/mol. The zero-order valence-corrected chi connectivity index (χ0v) is 23.6. The Morgan fingerprint density at radius 1 is 1.00 bits per heavy atom. The van der Waals surface area contributed by atoms with Crippen LogP contribution in [0.5, 0.6) is 5.75 Å². The molecule has 6 nitrogen and oxygen atoms in total. The Bertz CT molecular complexity index is 1750. The molecule has 0 bridgehead atoms. The van der Waals surface area contributed by atoms with Crippen molar-refractivity contribution >= 4 is 28.6 Å². The van der Waals surface area contributed by atoms with Gasteiger partial charge < -0.3 is 19.4 Å². The van der Waals surface area contributed by atoms with Gasteiger partial charge in [-0.1, -0.05) is 61.2 Å². The third-order valence-corrected chi connectivity index (χ3v) is 7.95. The van der Waals surface area contributed by atoms with E-state index in [0.29, 0.717) is 23.6 Å². The number of nitrogens with zero attached hydrogens (tertiary/aromatic N) is 2. The van der Waals surface area contributed by atoms with Crippen molar-refractivity contribution in [2.75, 3.05) is 18.0 Å². The van der Waals surface area contributed by atoms with Crippen molar-refractivity contribution in [3.05, 3.63) is 131 Å². The highest BCUT2D eigenvalue weighted by atomic mass is 16.6. The lowest BCUT2D eigenvalue weighted by atomic mass is 9.79. The van der Waals surface area contributed by atoms with E-state index in [4.69, 9.17) is 9.47 Å². The standard InChI is InChI=1S/C35H33N3O3/c1-5-24-14-16-25(17-15-24)22-40-31-21-26(38(6-2)7-3)18-19-28(31)35(29-12-10-20-36-33(29)34(39)41-35)32-23(4)37-30-13-9-8-11-27(30)32/h5,8-21,37H,1,6-7,22H2,2-4H3. The molecule has 1 N–H and O–H groups in total. The molecule has 206 valence electrons. The number of esters is 1. The Kier molecular flexibility index (Phi) is 6.83. The third kappa shape index (κ3) is 4.36. The molecule has 6 rings (SSSR count). The Hall–Kier alpha value is -4.84. The van der Waals surface area contributed by atoms with Crippen LogP contribution in [-0.4, -0.2) is 29.0 Å². The number of cyclic esters (lactones) is 1. The predicted molar refractivity (Wildman–Crippen MR) is 163 cm³/mol. The van der Waals surface area contributed by atoms with Gasteiger partial charge in [0.05, 0.1) is 0 Å². The van der Waals surface area contributed by atoms with E-state index in [1.807, 2.05) is 73.7 Å². The maximum absolute atomic E-state index is 13.5. The van der Waals surface area contributed by atoms with E-state index in [2.05, 4.69) is 53.5 Å². The molecular formula is C35H33N3O3. The predicted octanol–water partition coefficient (Wildman–Crippen LogP) is 7.40. The van der Waals surface area contributed by atoms with E-state index < -0.39 is 11.6 Å². The summed E-state index contributed by atoms with van der Waals surface area (Å²) in [5, 5.41) is 0.980. The summed E-state index contributed by atoms with van der Waals surface area (Å²) in [4.78, 5) is 23.7. The number of para-hydroxylation sites is 1. The second kappa shape index (κ2) is 10.6. The number of H-pyrrole nitrogens is 1. The highest BCUT2D eigenvalue weighted by molar-refractivity contribution is 5.97. The largest absolute Gasteiger partial charge is 0.488 e. The number of ether oxygens (including phenoxy) is 2. The Balaban J connectivity index is 1.60. The van der Waals surface area contributed by atoms with Gasteiger partial charge in [0.25, 0.3) is 0 Å². The van der Waals surface area contributed by atoms with Crippen molar-refractivity contribution in [1.82, 2.24) is 9.97 Å². The fourth-order valence-corrected chi connectivity index (χ4v) is 5.96. The van der Waals surface area contributed by atoms with Gasteiger partial charge in [0.2, 0.25) is 0 Å². The van der Waals surface area contributed by atoms with Crippen molar-refractivity contribution in [1.29, 1.82) is 0 Å². The number of benzene rings is 3. The van der Waals surface area contributed by atoms with Gasteiger partial charge in [0, 0.05) is 64.3 Å². The molecule has 0 amide bonds. The third-order valence-electron chi connectivity index (χ3n) is 7.95. The van der Waals surface area contributed by atoms with Crippen LogP contribution in [0.2, 0.25) is 0 Å². The van der Waals surface area contributed by atoms with Crippen molar-refractivity contribution < 1.29 is 14.3 Å². The number of nitrogens with one attached hydrogen (secondary N) is 1. The van der Waals surface area contributed by atoms with Crippen LogP contribution < -0.4 is 9.64 Å². The van der Waals surface area contributed by atoms with Crippen molar-refractivity contribution in [3.63, 3.8) is 0 Å². The number of rotatable bonds is 9. The minimum atomic E-state index is -1.26. The van der Waals surface area contributed by atoms with E-state index in [0.717, 1.165) is 57.6 Å². The first-order chi connectivity index (χ1) is 20.0. The first-order valence-corrected chi connectivity index (χ1v) is 14.0. The number of aryl methyl sites for hydroxylation is 1. The number of carbonyl (C=O) groups is 1. The van der Waals surface area contributed by atoms with Gasteiger partial charge >= 0.3 is 5.97 Å². The average Bonchev–Trinajstić information content (AvgIpc) is 3.50. The van der Waals surface area contributed by atoms with Gasteiger partial charge in [-0.15, -0.1) is 0 Å². The number of aromatic amines is 1. The van der Waals surface area contributed by atoms with Gasteiger partial charge in [-0.05, 0) is 56.2 Å². The number of aromatic nitrogens is 2. The van der Waals surface area contributed by atoms with Gasteiger partial charge in [-0.3, -0.25) is 0 Å². The normalized spacial score (nSPS) is 15.9. The van der Waals surface area contributed by atoms with Crippen LogP contribution in [0, 0.1) is 6.92 Å². The molecule has 0 radical (unpaired) electrons. The Morgan fingerprint density at radius 2 is 1.78 bits per heavy atom. The summed E-state index contributed by atoms with van der Waals surface area (Å²) >= 11 is 0. The highest BCUT2D eigenvalue weighted by Crippen LogP contribution is 2.52. The quantitative estimate of drug-likeness (QED) is 0.196. The second-order valence-electron chi connectivity index (χ2n) is 10.2. The molecule has 3 heterocycles. The molecular weight excluding hydrogens is 510 g/mol. The Labute approximate surface area is 240 Å². The lowest BCUT2D eigenvalue weighted by Crippen LogP contribution is -2.31. The molecule has 2 aromatic heterocycles. The van der Waals surface area contributed by atoms with Gasteiger partial charge in [0.1, 0.15) is 12.4 Å². The zero-order chi connectivity index (χ0) is 28.6. The molecule has 41 heavy (non-hydrogen) atoms. The number of hydrogen-bond acceptors (Lipinski definition) is 5. The molecule has 0 saturated carbocycles. The second-order valence-corrected chi connectivity index (χ2v) is 10.2. The topological polar surface area (TPSA) is 67.4 Å². The summed E-state index contributed by atoms with van der Waals surface area (Å²) in [6, 6.07) is 26.2. The van der Waals surface area contributed by atoms with Gasteiger partial charge in [-0.25, -0.2) is 9.78 Å². The van der Waals surface area contributed by atoms with Gasteiger partial charge in [-0.2, -0.15) is 0 Å². The van der Waals surface area contributed by atoms with Crippen molar-refractivity contribution in [2.45, 2.75) is 33.0 Å². The number of fused-ring (bicyclic) bond motifs is 2. The van der Waals surface area contributed by atoms with E-state index in [1.54, 1.807) is 6.20 Å². The maximum atomic E-state index is 13.5. The van der Waals surface area contributed by atoms with Gasteiger partial charge in [0.15, 0.2) is 11.3 Å². The molecule has 0 saturated heterocycles. The van der Waals surface area contributed by atoms with Crippen LogP contribution in [0.15, 0.2) is 91.6 Å². The lowest BCUT2D eigenvalue weighted by Gasteiger charge is -2.33. The molecule has 1 aliphatic heterocycles. The van der Waals surface area contributed by atoms with Crippen LogP contribution in [0.25, 0.3) is 17.0 Å². The van der Waals surface area contributed by atoms with Crippen molar-refractivity contribution in [2.24, 2.45) is 0 Å².